The van der Waals surface area contributed by atoms with Crippen LogP contribution in [0.5, 0.6) is 0 Å². The molecule has 7 heteroatoms. The van der Waals surface area contributed by atoms with Crippen molar-refractivity contribution in [3.8, 4) is 0 Å². The van der Waals surface area contributed by atoms with E-state index in [0.717, 1.165) is 12.1 Å². The van der Waals surface area contributed by atoms with Crippen LogP contribution in [-0.4, -0.2) is 43.5 Å². The minimum atomic E-state index is -1.55. The van der Waals surface area contributed by atoms with Crippen LogP contribution in [0.4, 0.5) is 24.5 Å². The fourth-order valence-electron chi connectivity index (χ4n) is 3.22. The summed E-state index contributed by atoms with van der Waals surface area (Å²) in [5, 5.41) is 2.55. The highest BCUT2D eigenvalue weighted by Gasteiger charge is 2.22. The van der Waals surface area contributed by atoms with E-state index in [0.29, 0.717) is 26.2 Å². The monoisotopic (exact) mass is 377 g/mol. The minimum absolute atomic E-state index is 0.175. The smallest absolute Gasteiger partial charge is 0.241 e. The average Bonchev–Trinajstić information content (AvgIpc) is 2.68. The largest absolute Gasteiger partial charge is 0.374 e. The molecule has 0 bridgehead atoms. The van der Waals surface area contributed by atoms with Gasteiger partial charge in [0.2, 0.25) is 5.91 Å². The van der Waals surface area contributed by atoms with E-state index in [1.54, 1.807) is 4.90 Å². The molecule has 1 aliphatic rings. The molecule has 1 fully saturated rings. The Bertz CT molecular complexity index is 849. The van der Waals surface area contributed by atoms with E-state index in [9.17, 15) is 18.0 Å². The molecule has 0 radical (unpaired) electrons. The number of anilines is 2. The molecule has 0 atom stereocenters. The number of rotatable bonds is 4. The topological polar surface area (TPSA) is 35.6 Å². The first-order chi connectivity index (χ1) is 12.9. The average molecular weight is 377 g/mol. The quantitative estimate of drug-likeness (QED) is 0.829. The van der Waals surface area contributed by atoms with Crippen molar-refractivity contribution in [3.63, 3.8) is 0 Å². The van der Waals surface area contributed by atoms with Gasteiger partial charge in [-0.3, -0.25) is 4.79 Å². The molecule has 1 aliphatic heterocycles. The van der Waals surface area contributed by atoms with Crippen LogP contribution in [0.2, 0.25) is 0 Å². The normalized spacial score (nSPS) is 14.4. The first-order valence-electron chi connectivity index (χ1n) is 8.85. The Kier molecular flexibility index (Phi) is 5.58. The van der Waals surface area contributed by atoms with Crippen molar-refractivity contribution < 1.29 is 18.0 Å². The van der Waals surface area contributed by atoms with Crippen molar-refractivity contribution in [1.82, 2.24) is 4.90 Å². The molecule has 1 saturated heterocycles. The number of carbonyl (C=O) groups is 1. The van der Waals surface area contributed by atoms with E-state index in [1.165, 1.54) is 16.8 Å². The second-order valence-corrected chi connectivity index (χ2v) is 6.66. The van der Waals surface area contributed by atoms with E-state index >= 15 is 0 Å². The van der Waals surface area contributed by atoms with Crippen molar-refractivity contribution in [2.75, 3.05) is 42.9 Å². The number of piperazine rings is 1. The molecule has 0 spiro atoms. The summed E-state index contributed by atoms with van der Waals surface area (Å²) in [6.07, 6.45) is 0. The Morgan fingerprint density at radius 1 is 1.00 bits per heavy atom. The molecule has 0 aliphatic carbocycles. The van der Waals surface area contributed by atoms with Crippen LogP contribution in [0.15, 0.2) is 30.3 Å². The lowest BCUT2D eigenvalue weighted by Crippen LogP contribution is -2.50. The fraction of sp³-hybridized carbons (Fsp3) is 0.350. The molecule has 1 heterocycles. The highest BCUT2D eigenvalue weighted by molar-refractivity contribution is 5.81. The molecule has 1 N–H and O–H groups in total. The van der Waals surface area contributed by atoms with Crippen molar-refractivity contribution in [2.45, 2.75) is 13.8 Å². The first kappa shape index (κ1) is 19.1. The summed E-state index contributed by atoms with van der Waals surface area (Å²) in [6.45, 7) is 6.49. The third-order valence-corrected chi connectivity index (χ3v) is 5.01. The molecule has 0 unspecified atom stereocenters. The number of hydrogen-bond acceptors (Lipinski definition) is 3. The molecule has 2 aromatic carbocycles. The Morgan fingerprint density at radius 2 is 1.70 bits per heavy atom. The number of hydrogen-bond donors (Lipinski definition) is 1. The van der Waals surface area contributed by atoms with Gasteiger partial charge in [-0.15, -0.1) is 0 Å². The molecule has 1 amide bonds. The maximum Gasteiger partial charge on any atom is 0.241 e. The summed E-state index contributed by atoms with van der Waals surface area (Å²) in [7, 11) is 0. The predicted octanol–water partition coefficient (Wildman–Crippen LogP) is 3.48. The molecule has 0 aromatic heterocycles. The number of benzene rings is 2. The highest BCUT2D eigenvalue weighted by atomic mass is 19.2. The first-order valence-corrected chi connectivity index (χ1v) is 8.85. The highest BCUT2D eigenvalue weighted by Crippen LogP contribution is 2.24. The van der Waals surface area contributed by atoms with Gasteiger partial charge in [-0.2, -0.15) is 0 Å². The Hall–Kier alpha value is -2.70. The Morgan fingerprint density at radius 3 is 2.41 bits per heavy atom. The van der Waals surface area contributed by atoms with E-state index in [4.69, 9.17) is 0 Å². The zero-order valence-corrected chi connectivity index (χ0v) is 15.4. The second kappa shape index (κ2) is 7.90. The van der Waals surface area contributed by atoms with Gasteiger partial charge in [-0.25, -0.2) is 13.2 Å². The van der Waals surface area contributed by atoms with Gasteiger partial charge in [0.15, 0.2) is 17.5 Å². The third kappa shape index (κ3) is 4.02. The molecular formula is C20H22F3N3O. The summed E-state index contributed by atoms with van der Waals surface area (Å²) in [5.41, 5.74) is 3.40. The molecule has 144 valence electrons. The van der Waals surface area contributed by atoms with Crippen LogP contribution in [0.25, 0.3) is 0 Å². The molecule has 0 saturated carbocycles. The lowest BCUT2D eigenvalue weighted by Gasteiger charge is -2.37. The zero-order chi connectivity index (χ0) is 19.6. The standard InChI is InChI=1S/C20H22F3N3O/c1-13-4-3-5-17(14(13)2)25-8-10-26(11-9-25)18(27)12-24-16-7-6-15(21)19(22)20(16)23/h3-7,24H,8-12H2,1-2H3. The minimum Gasteiger partial charge on any atom is -0.374 e. The van der Waals surface area contributed by atoms with Crippen LogP contribution in [0, 0.1) is 31.3 Å². The van der Waals surface area contributed by atoms with Gasteiger partial charge in [0.1, 0.15) is 0 Å². The van der Waals surface area contributed by atoms with Crippen molar-refractivity contribution in [3.05, 3.63) is 58.9 Å². The summed E-state index contributed by atoms with van der Waals surface area (Å²) in [5.74, 6) is -4.33. The van der Waals surface area contributed by atoms with Crippen molar-refractivity contribution in [2.24, 2.45) is 0 Å². The van der Waals surface area contributed by atoms with Gasteiger partial charge in [-0.05, 0) is 43.2 Å². The van der Waals surface area contributed by atoms with Gasteiger partial charge in [0.05, 0.1) is 12.2 Å². The van der Waals surface area contributed by atoms with Gasteiger partial charge >= 0.3 is 0 Å². The van der Waals surface area contributed by atoms with Gasteiger partial charge in [0.25, 0.3) is 0 Å². The van der Waals surface area contributed by atoms with Gasteiger partial charge < -0.3 is 15.1 Å². The Labute approximate surface area is 156 Å². The SMILES string of the molecule is Cc1cccc(N2CCN(C(=O)CNc3ccc(F)c(F)c3F)CC2)c1C. The van der Waals surface area contributed by atoms with E-state index in [1.807, 2.05) is 6.07 Å². The van der Waals surface area contributed by atoms with Crippen LogP contribution >= 0.6 is 0 Å². The summed E-state index contributed by atoms with van der Waals surface area (Å²) in [4.78, 5) is 16.3. The lowest BCUT2D eigenvalue weighted by atomic mass is 10.1. The number of nitrogens with one attached hydrogen (secondary N) is 1. The summed E-state index contributed by atoms with van der Waals surface area (Å²) < 4.78 is 39.9. The van der Waals surface area contributed by atoms with E-state index in [-0.39, 0.29) is 18.1 Å². The number of aryl methyl sites for hydroxylation is 1. The van der Waals surface area contributed by atoms with Gasteiger partial charge in [-0.1, -0.05) is 12.1 Å². The predicted molar refractivity (Wildman–Crippen MR) is 99.5 cm³/mol. The maximum absolute atomic E-state index is 13.7. The summed E-state index contributed by atoms with van der Waals surface area (Å²) in [6, 6.07) is 8.08. The van der Waals surface area contributed by atoms with Gasteiger partial charge in [0, 0.05) is 31.9 Å². The molecule has 2 aromatic rings. The van der Waals surface area contributed by atoms with Crippen LogP contribution in [0.1, 0.15) is 11.1 Å². The third-order valence-electron chi connectivity index (χ3n) is 5.01. The number of halogens is 3. The second-order valence-electron chi connectivity index (χ2n) is 6.66. The summed E-state index contributed by atoms with van der Waals surface area (Å²) >= 11 is 0. The van der Waals surface area contributed by atoms with E-state index in [2.05, 4.69) is 36.2 Å². The maximum atomic E-state index is 13.7. The lowest BCUT2D eigenvalue weighted by molar-refractivity contribution is -0.129. The van der Waals surface area contributed by atoms with Crippen LogP contribution < -0.4 is 10.2 Å². The van der Waals surface area contributed by atoms with Crippen LogP contribution in [0.3, 0.4) is 0 Å². The molecule has 27 heavy (non-hydrogen) atoms. The van der Waals surface area contributed by atoms with Crippen molar-refractivity contribution in [1.29, 1.82) is 0 Å². The number of amides is 1. The van der Waals surface area contributed by atoms with Crippen molar-refractivity contribution >= 4 is 17.3 Å². The number of carbonyl (C=O) groups excluding carboxylic acids is 1. The van der Waals surface area contributed by atoms with E-state index < -0.39 is 17.5 Å². The zero-order valence-electron chi connectivity index (χ0n) is 15.4. The number of nitrogens with zero attached hydrogens (tertiary/aromatic N) is 2. The fourth-order valence-corrected chi connectivity index (χ4v) is 3.22. The molecule has 3 rings (SSSR count). The Balaban J connectivity index is 1.56. The molecular weight excluding hydrogens is 355 g/mol. The van der Waals surface area contributed by atoms with Crippen LogP contribution in [-0.2, 0) is 4.79 Å². The molecule has 4 nitrogen and oxygen atoms in total.